The molecule has 1 aliphatic carbocycles. The molecule has 2 aromatic rings. The summed E-state index contributed by atoms with van der Waals surface area (Å²) >= 11 is 5.98. The highest BCUT2D eigenvalue weighted by atomic mass is 35.5. The van der Waals surface area contributed by atoms with E-state index in [2.05, 4.69) is 10.6 Å². The molecule has 2 atom stereocenters. The van der Waals surface area contributed by atoms with Gasteiger partial charge in [-0.3, -0.25) is 9.59 Å². The molecule has 0 bridgehead atoms. The molecule has 2 amide bonds. The van der Waals surface area contributed by atoms with Crippen molar-refractivity contribution in [3.63, 3.8) is 0 Å². The van der Waals surface area contributed by atoms with E-state index in [9.17, 15) is 9.59 Å². The Morgan fingerprint density at radius 2 is 1.69 bits per heavy atom. The Balaban J connectivity index is 1.63. The molecule has 0 heterocycles. The lowest BCUT2D eigenvalue weighted by atomic mass is 10.1. The summed E-state index contributed by atoms with van der Waals surface area (Å²) in [5, 5.41) is 6.23. The Kier molecular flexibility index (Phi) is 5.18. The number of amides is 2. The molecule has 26 heavy (non-hydrogen) atoms. The van der Waals surface area contributed by atoms with Crippen LogP contribution < -0.4 is 15.4 Å². The van der Waals surface area contributed by atoms with E-state index in [1.54, 1.807) is 18.2 Å². The van der Waals surface area contributed by atoms with Gasteiger partial charge in [-0.05, 0) is 55.7 Å². The van der Waals surface area contributed by atoms with Crippen molar-refractivity contribution in [3.8, 4) is 5.75 Å². The Labute approximate surface area is 157 Å². The normalized spacial score (nSPS) is 18.2. The minimum absolute atomic E-state index is 0.128. The number of hydrogen-bond acceptors (Lipinski definition) is 3. The molecular weight excluding hydrogens is 352 g/mol. The van der Waals surface area contributed by atoms with Crippen LogP contribution >= 0.6 is 11.6 Å². The molecule has 136 valence electrons. The van der Waals surface area contributed by atoms with E-state index < -0.39 is 0 Å². The van der Waals surface area contributed by atoms with Crippen LogP contribution in [0.3, 0.4) is 0 Å². The van der Waals surface area contributed by atoms with Gasteiger partial charge in [0.05, 0.1) is 24.6 Å². The minimum atomic E-state index is -0.344. The number of halogens is 1. The Hall–Kier alpha value is -2.53. The standard InChI is InChI=1S/C20H21ClN2O3/c1-11-5-4-6-16(12(11)2)22-19(24)14-10-15(14)20(25)23-17-9-13(21)7-8-18(17)26-3/h4-9,14-15H,10H2,1-3H3,(H,22,24)(H,23,25). The van der Waals surface area contributed by atoms with Crippen molar-refractivity contribution in [1.82, 2.24) is 0 Å². The molecule has 1 aliphatic rings. The molecule has 2 unspecified atom stereocenters. The van der Waals surface area contributed by atoms with Crippen LogP contribution in [0.4, 0.5) is 11.4 Å². The summed E-state index contributed by atoms with van der Waals surface area (Å²) in [6.07, 6.45) is 0.533. The number of carbonyl (C=O) groups is 2. The van der Waals surface area contributed by atoms with Crippen LogP contribution in [-0.2, 0) is 9.59 Å². The number of benzene rings is 2. The fourth-order valence-electron chi connectivity index (χ4n) is 2.89. The molecule has 0 saturated heterocycles. The lowest BCUT2D eigenvalue weighted by Gasteiger charge is -2.11. The summed E-state index contributed by atoms with van der Waals surface area (Å²) in [7, 11) is 1.52. The zero-order valence-corrected chi connectivity index (χ0v) is 15.7. The maximum atomic E-state index is 12.5. The summed E-state index contributed by atoms with van der Waals surface area (Å²) in [4.78, 5) is 24.9. The second-order valence-electron chi connectivity index (χ2n) is 6.52. The van der Waals surface area contributed by atoms with Gasteiger partial charge in [0.1, 0.15) is 5.75 Å². The van der Waals surface area contributed by atoms with Gasteiger partial charge in [-0.15, -0.1) is 0 Å². The number of carbonyl (C=O) groups excluding carboxylic acids is 2. The summed E-state index contributed by atoms with van der Waals surface area (Å²) in [5.74, 6) is -0.465. The fourth-order valence-corrected chi connectivity index (χ4v) is 3.06. The lowest BCUT2D eigenvalue weighted by molar-refractivity contribution is -0.122. The van der Waals surface area contributed by atoms with Crippen molar-refractivity contribution in [1.29, 1.82) is 0 Å². The quantitative estimate of drug-likeness (QED) is 0.827. The van der Waals surface area contributed by atoms with Crippen LogP contribution in [-0.4, -0.2) is 18.9 Å². The third-order valence-electron chi connectivity index (χ3n) is 4.75. The van der Waals surface area contributed by atoms with E-state index >= 15 is 0 Å². The first kappa shape index (κ1) is 18.3. The number of anilines is 2. The molecule has 0 spiro atoms. The molecule has 1 fully saturated rings. The van der Waals surface area contributed by atoms with Gasteiger partial charge < -0.3 is 15.4 Å². The van der Waals surface area contributed by atoms with Crippen LogP contribution in [0.1, 0.15) is 17.5 Å². The van der Waals surface area contributed by atoms with Gasteiger partial charge in [0.15, 0.2) is 0 Å². The molecular formula is C20H21ClN2O3. The van der Waals surface area contributed by atoms with E-state index in [0.717, 1.165) is 16.8 Å². The molecule has 0 radical (unpaired) electrons. The Morgan fingerprint density at radius 1 is 1.04 bits per heavy atom. The van der Waals surface area contributed by atoms with E-state index in [1.807, 2.05) is 32.0 Å². The summed E-state index contributed by atoms with van der Waals surface area (Å²) in [6.45, 7) is 3.96. The lowest BCUT2D eigenvalue weighted by Crippen LogP contribution is -2.21. The number of hydrogen-bond donors (Lipinski definition) is 2. The van der Waals surface area contributed by atoms with Crippen LogP contribution in [0.5, 0.6) is 5.75 Å². The second kappa shape index (κ2) is 7.38. The van der Waals surface area contributed by atoms with Crippen LogP contribution in [0, 0.1) is 25.7 Å². The Bertz CT molecular complexity index is 866. The maximum Gasteiger partial charge on any atom is 0.228 e. The summed E-state index contributed by atoms with van der Waals surface area (Å²) in [5.41, 5.74) is 3.44. The van der Waals surface area contributed by atoms with Gasteiger partial charge in [0.2, 0.25) is 11.8 Å². The first-order chi connectivity index (χ1) is 12.4. The van der Waals surface area contributed by atoms with Crippen molar-refractivity contribution in [3.05, 3.63) is 52.5 Å². The third-order valence-corrected chi connectivity index (χ3v) is 4.98. The van der Waals surface area contributed by atoms with E-state index in [4.69, 9.17) is 16.3 Å². The maximum absolute atomic E-state index is 12.5. The Morgan fingerprint density at radius 3 is 2.35 bits per heavy atom. The van der Waals surface area contributed by atoms with Crippen molar-refractivity contribution < 1.29 is 14.3 Å². The number of ether oxygens (including phenoxy) is 1. The minimum Gasteiger partial charge on any atom is -0.495 e. The monoisotopic (exact) mass is 372 g/mol. The van der Waals surface area contributed by atoms with Gasteiger partial charge in [-0.25, -0.2) is 0 Å². The van der Waals surface area contributed by atoms with Crippen molar-refractivity contribution in [2.24, 2.45) is 11.8 Å². The van der Waals surface area contributed by atoms with Crippen molar-refractivity contribution in [2.45, 2.75) is 20.3 Å². The number of nitrogens with one attached hydrogen (secondary N) is 2. The van der Waals surface area contributed by atoms with E-state index in [1.165, 1.54) is 7.11 Å². The first-order valence-corrected chi connectivity index (χ1v) is 8.80. The molecule has 5 nitrogen and oxygen atoms in total. The average Bonchev–Trinajstić information content (AvgIpc) is 3.40. The van der Waals surface area contributed by atoms with Gasteiger partial charge in [0, 0.05) is 10.7 Å². The summed E-state index contributed by atoms with van der Waals surface area (Å²) in [6, 6.07) is 10.8. The van der Waals surface area contributed by atoms with Gasteiger partial charge >= 0.3 is 0 Å². The van der Waals surface area contributed by atoms with E-state index in [-0.39, 0.29) is 23.7 Å². The zero-order chi connectivity index (χ0) is 18.8. The van der Waals surface area contributed by atoms with Gasteiger partial charge in [0.25, 0.3) is 0 Å². The number of methoxy groups -OCH3 is 1. The number of rotatable bonds is 5. The van der Waals surface area contributed by atoms with Crippen molar-refractivity contribution >= 4 is 34.8 Å². The highest BCUT2D eigenvalue weighted by Gasteiger charge is 2.48. The smallest absolute Gasteiger partial charge is 0.228 e. The molecule has 2 aromatic carbocycles. The molecule has 0 aromatic heterocycles. The highest BCUT2D eigenvalue weighted by molar-refractivity contribution is 6.31. The average molecular weight is 373 g/mol. The van der Waals surface area contributed by atoms with E-state index in [0.29, 0.717) is 22.9 Å². The van der Waals surface area contributed by atoms with Crippen LogP contribution in [0.15, 0.2) is 36.4 Å². The predicted octanol–water partition coefficient (Wildman–Crippen LogP) is 4.18. The molecule has 2 N–H and O–H groups in total. The first-order valence-electron chi connectivity index (χ1n) is 8.42. The van der Waals surface area contributed by atoms with Gasteiger partial charge in [-0.2, -0.15) is 0 Å². The highest BCUT2D eigenvalue weighted by Crippen LogP contribution is 2.41. The zero-order valence-electron chi connectivity index (χ0n) is 14.9. The van der Waals surface area contributed by atoms with Crippen LogP contribution in [0.25, 0.3) is 0 Å². The molecule has 6 heteroatoms. The molecule has 3 rings (SSSR count). The second-order valence-corrected chi connectivity index (χ2v) is 6.96. The van der Waals surface area contributed by atoms with Crippen molar-refractivity contribution in [2.75, 3.05) is 17.7 Å². The number of aryl methyl sites for hydroxylation is 1. The van der Waals surface area contributed by atoms with Crippen LogP contribution in [0.2, 0.25) is 5.02 Å². The third kappa shape index (κ3) is 3.83. The predicted molar refractivity (Wildman–Crippen MR) is 103 cm³/mol. The molecule has 1 saturated carbocycles. The van der Waals surface area contributed by atoms with Gasteiger partial charge in [-0.1, -0.05) is 23.7 Å². The largest absolute Gasteiger partial charge is 0.495 e. The fraction of sp³-hybridized carbons (Fsp3) is 0.300. The SMILES string of the molecule is COc1ccc(Cl)cc1NC(=O)C1CC1C(=O)Nc1cccc(C)c1C. The summed E-state index contributed by atoms with van der Waals surface area (Å²) < 4.78 is 5.23. The molecule has 0 aliphatic heterocycles. The topological polar surface area (TPSA) is 67.4 Å².